The summed E-state index contributed by atoms with van der Waals surface area (Å²) < 4.78 is 5.06. The second kappa shape index (κ2) is 1.73. The highest BCUT2D eigenvalue weighted by Crippen LogP contribution is 2.19. The molecule has 2 heterocycles. The number of pyridine rings is 1. The minimum absolute atomic E-state index is 0.659. The molecule has 0 aliphatic heterocycles. The van der Waals surface area contributed by atoms with Gasteiger partial charge in [0, 0.05) is 5.39 Å². The molecule has 0 unspecified atom stereocenters. The highest BCUT2D eigenvalue weighted by molar-refractivity contribution is 5.87. The van der Waals surface area contributed by atoms with Crippen molar-refractivity contribution in [3.63, 3.8) is 0 Å². The summed E-state index contributed by atoms with van der Waals surface area (Å²) in [5, 5.41) is 0.926. The van der Waals surface area contributed by atoms with Crippen LogP contribution < -0.4 is 5.73 Å². The van der Waals surface area contributed by atoms with Crippen molar-refractivity contribution >= 4 is 16.7 Å². The Morgan fingerprint density at radius 2 is 2.30 bits per heavy atom. The van der Waals surface area contributed by atoms with Crippen molar-refractivity contribution in [2.45, 2.75) is 0 Å². The van der Waals surface area contributed by atoms with Gasteiger partial charge in [-0.25, -0.2) is 0 Å². The zero-order valence-corrected chi connectivity index (χ0v) is 5.24. The van der Waals surface area contributed by atoms with Gasteiger partial charge in [0.05, 0.1) is 24.3 Å². The van der Waals surface area contributed by atoms with Gasteiger partial charge in [0.2, 0.25) is 0 Å². The first-order chi connectivity index (χ1) is 4.88. The van der Waals surface area contributed by atoms with Gasteiger partial charge in [-0.05, 0) is 6.07 Å². The molecular weight excluding hydrogens is 128 g/mol. The van der Waals surface area contributed by atoms with Crippen molar-refractivity contribution in [1.82, 2.24) is 4.98 Å². The summed E-state index contributed by atoms with van der Waals surface area (Å²) in [5.41, 5.74) is 6.97. The van der Waals surface area contributed by atoms with Gasteiger partial charge in [-0.2, -0.15) is 0 Å². The van der Waals surface area contributed by atoms with E-state index in [1.165, 1.54) is 0 Å². The predicted molar refractivity (Wildman–Crippen MR) is 38.4 cm³/mol. The predicted octanol–water partition coefficient (Wildman–Crippen LogP) is 1.41. The minimum Gasteiger partial charge on any atom is -0.463 e. The molecule has 0 fully saturated rings. The van der Waals surface area contributed by atoms with E-state index < -0.39 is 0 Å². The molecule has 0 saturated carbocycles. The zero-order valence-electron chi connectivity index (χ0n) is 5.24. The molecule has 3 nitrogen and oxygen atoms in total. The number of furan rings is 1. The molecule has 2 aromatic rings. The van der Waals surface area contributed by atoms with E-state index in [2.05, 4.69) is 4.98 Å². The third-order valence-electron chi connectivity index (χ3n) is 1.41. The van der Waals surface area contributed by atoms with Crippen LogP contribution >= 0.6 is 0 Å². The lowest BCUT2D eigenvalue weighted by Crippen LogP contribution is -1.84. The number of rotatable bonds is 0. The van der Waals surface area contributed by atoms with E-state index in [9.17, 15) is 0 Å². The van der Waals surface area contributed by atoms with Gasteiger partial charge < -0.3 is 10.2 Å². The molecule has 0 amide bonds. The fourth-order valence-electron chi connectivity index (χ4n) is 0.914. The highest BCUT2D eigenvalue weighted by Gasteiger charge is 1.97. The topological polar surface area (TPSA) is 52.0 Å². The van der Waals surface area contributed by atoms with Crippen LogP contribution in [0.3, 0.4) is 0 Å². The van der Waals surface area contributed by atoms with Gasteiger partial charge in [-0.3, -0.25) is 4.98 Å². The Morgan fingerprint density at radius 1 is 1.40 bits per heavy atom. The molecule has 0 aliphatic carbocycles. The molecule has 0 bridgehead atoms. The molecule has 0 spiro atoms. The van der Waals surface area contributed by atoms with Crippen molar-refractivity contribution < 1.29 is 4.42 Å². The van der Waals surface area contributed by atoms with E-state index in [1.807, 2.05) is 6.07 Å². The Balaban J connectivity index is 2.95. The summed E-state index contributed by atoms with van der Waals surface area (Å²) >= 11 is 0. The van der Waals surface area contributed by atoms with Gasteiger partial charge in [0.1, 0.15) is 0 Å². The lowest BCUT2D eigenvalue weighted by atomic mass is 10.3. The SMILES string of the molecule is Nc1cncc2occc12. The zero-order chi connectivity index (χ0) is 6.97. The van der Waals surface area contributed by atoms with E-state index in [0.717, 1.165) is 11.0 Å². The van der Waals surface area contributed by atoms with Crippen LogP contribution in [0.5, 0.6) is 0 Å². The molecule has 0 radical (unpaired) electrons. The number of nitrogens with two attached hydrogens (primary N) is 1. The molecule has 2 rings (SSSR count). The Bertz CT molecular complexity index is 353. The maximum atomic E-state index is 5.58. The van der Waals surface area contributed by atoms with E-state index in [4.69, 9.17) is 10.2 Å². The van der Waals surface area contributed by atoms with Gasteiger partial charge in [0.15, 0.2) is 5.58 Å². The Hall–Kier alpha value is -1.51. The van der Waals surface area contributed by atoms with Gasteiger partial charge in [0.25, 0.3) is 0 Å². The maximum Gasteiger partial charge on any atom is 0.154 e. The van der Waals surface area contributed by atoms with Crippen LogP contribution in [0.25, 0.3) is 11.0 Å². The number of nitrogens with zero attached hydrogens (tertiary/aromatic N) is 1. The summed E-state index contributed by atoms with van der Waals surface area (Å²) in [6.07, 6.45) is 4.85. The third-order valence-corrected chi connectivity index (χ3v) is 1.41. The largest absolute Gasteiger partial charge is 0.463 e. The fraction of sp³-hybridized carbons (Fsp3) is 0. The molecule has 0 saturated heterocycles. The van der Waals surface area contributed by atoms with Crippen LogP contribution in [0.4, 0.5) is 5.69 Å². The number of hydrogen-bond acceptors (Lipinski definition) is 3. The summed E-state index contributed by atoms with van der Waals surface area (Å²) in [6, 6.07) is 1.83. The Labute approximate surface area is 57.5 Å². The lowest BCUT2D eigenvalue weighted by Gasteiger charge is -1.90. The highest BCUT2D eigenvalue weighted by atomic mass is 16.3. The number of aromatic nitrogens is 1. The standard InChI is InChI=1S/C7H6N2O/c8-6-3-9-4-7-5(6)1-2-10-7/h1-4H,8H2. The van der Waals surface area contributed by atoms with Crippen molar-refractivity contribution in [1.29, 1.82) is 0 Å². The molecular formula is C7H6N2O. The van der Waals surface area contributed by atoms with Crippen LogP contribution in [-0.2, 0) is 0 Å². The molecule has 0 aliphatic rings. The Morgan fingerprint density at radius 3 is 3.10 bits per heavy atom. The number of fused-ring (bicyclic) bond motifs is 1. The lowest BCUT2D eigenvalue weighted by molar-refractivity contribution is 0.614. The average molecular weight is 134 g/mol. The monoisotopic (exact) mass is 134 g/mol. The average Bonchev–Trinajstić information content (AvgIpc) is 2.36. The van der Waals surface area contributed by atoms with E-state index in [-0.39, 0.29) is 0 Å². The van der Waals surface area contributed by atoms with Crippen LogP contribution in [0.1, 0.15) is 0 Å². The molecule has 10 heavy (non-hydrogen) atoms. The molecule has 3 heteroatoms. The van der Waals surface area contributed by atoms with Crippen LogP contribution in [-0.4, -0.2) is 4.98 Å². The van der Waals surface area contributed by atoms with Crippen molar-refractivity contribution in [2.75, 3.05) is 5.73 Å². The minimum atomic E-state index is 0.659. The van der Waals surface area contributed by atoms with E-state index in [1.54, 1.807) is 18.7 Å². The molecule has 2 N–H and O–H groups in total. The second-order valence-corrected chi connectivity index (χ2v) is 2.06. The number of anilines is 1. The normalized spacial score (nSPS) is 10.4. The van der Waals surface area contributed by atoms with Crippen LogP contribution in [0.2, 0.25) is 0 Å². The van der Waals surface area contributed by atoms with Crippen LogP contribution in [0, 0.1) is 0 Å². The third kappa shape index (κ3) is 0.572. The second-order valence-electron chi connectivity index (χ2n) is 2.06. The number of nitrogen functional groups attached to an aromatic ring is 1. The summed E-state index contributed by atoms with van der Waals surface area (Å²) in [4.78, 5) is 3.87. The van der Waals surface area contributed by atoms with E-state index in [0.29, 0.717) is 5.69 Å². The van der Waals surface area contributed by atoms with E-state index >= 15 is 0 Å². The summed E-state index contributed by atoms with van der Waals surface area (Å²) in [6.45, 7) is 0. The van der Waals surface area contributed by atoms with Crippen LogP contribution in [0.15, 0.2) is 29.1 Å². The Kier molecular flexibility index (Phi) is 0.917. The first-order valence-electron chi connectivity index (χ1n) is 2.94. The molecule has 2 aromatic heterocycles. The van der Waals surface area contributed by atoms with Crippen molar-refractivity contribution in [3.8, 4) is 0 Å². The van der Waals surface area contributed by atoms with Crippen molar-refractivity contribution in [3.05, 3.63) is 24.7 Å². The fourth-order valence-corrected chi connectivity index (χ4v) is 0.914. The maximum absolute atomic E-state index is 5.58. The first-order valence-corrected chi connectivity index (χ1v) is 2.94. The first kappa shape index (κ1) is 5.29. The van der Waals surface area contributed by atoms with Crippen molar-refractivity contribution in [2.24, 2.45) is 0 Å². The van der Waals surface area contributed by atoms with Gasteiger partial charge in [-0.1, -0.05) is 0 Å². The number of hydrogen-bond donors (Lipinski definition) is 1. The van der Waals surface area contributed by atoms with Gasteiger partial charge in [-0.15, -0.1) is 0 Å². The summed E-state index contributed by atoms with van der Waals surface area (Å²) in [7, 11) is 0. The molecule has 0 aromatic carbocycles. The quantitative estimate of drug-likeness (QED) is 0.592. The molecule has 0 atom stereocenters. The smallest absolute Gasteiger partial charge is 0.154 e. The summed E-state index contributed by atoms with van der Waals surface area (Å²) in [5.74, 6) is 0. The van der Waals surface area contributed by atoms with Gasteiger partial charge >= 0.3 is 0 Å². The molecule has 50 valence electrons.